The molecule has 0 aliphatic carbocycles. The number of hydrogen-bond donors (Lipinski definition) is 0. The monoisotopic (exact) mass is 325 g/mol. The molecule has 0 bridgehead atoms. The summed E-state index contributed by atoms with van der Waals surface area (Å²) in [6, 6.07) is 13.2. The highest BCUT2D eigenvalue weighted by atomic mass is 16.2. The molecular weight excluding hydrogens is 298 g/mol. The summed E-state index contributed by atoms with van der Waals surface area (Å²) in [5.41, 5.74) is 4.29. The lowest BCUT2D eigenvalue weighted by Crippen LogP contribution is -2.59. The first-order valence-corrected chi connectivity index (χ1v) is 8.59. The van der Waals surface area contributed by atoms with Crippen molar-refractivity contribution in [1.29, 1.82) is 0 Å². The molecule has 0 spiro atoms. The first kappa shape index (κ1) is 16.8. The van der Waals surface area contributed by atoms with Crippen molar-refractivity contribution in [3.63, 3.8) is 0 Å². The van der Waals surface area contributed by atoms with Gasteiger partial charge in [0.05, 0.1) is 11.6 Å². The molecule has 0 radical (unpaired) electrons. The molecule has 2 aromatic rings. The standard InChI is InChI=1S/C20H27N3O/c1-14-11-19(20(24)22-12-18(13-22)21(4)5)16(3)23(14)15(2)17-9-7-6-8-10-17/h6-11,15,18H,12-13H2,1-5H3/t15-/m1/s1. The Morgan fingerprint density at radius 1 is 1.17 bits per heavy atom. The van der Waals surface area contributed by atoms with Crippen LogP contribution >= 0.6 is 0 Å². The van der Waals surface area contributed by atoms with Crippen molar-refractivity contribution in [1.82, 2.24) is 14.4 Å². The zero-order chi connectivity index (χ0) is 17.4. The van der Waals surface area contributed by atoms with E-state index in [-0.39, 0.29) is 11.9 Å². The van der Waals surface area contributed by atoms with Gasteiger partial charge in [-0.25, -0.2) is 0 Å². The van der Waals surface area contributed by atoms with E-state index in [0.29, 0.717) is 6.04 Å². The van der Waals surface area contributed by atoms with Crippen LogP contribution in [0.2, 0.25) is 0 Å². The number of likely N-dealkylation sites (tertiary alicyclic amines) is 1. The molecule has 1 aliphatic heterocycles. The average Bonchev–Trinajstić information content (AvgIpc) is 2.80. The summed E-state index contributed by atoms with van der Waals surface area (Å²) in [6.07, 6.45) is 0. The van der Waals surface area contributed by atoms with Gasteiger partial charge in [-0.15, -0.1) is 0 Å². The Kier molecular flexibility index (Phi) is 4.50. The lowest BCUT2D eigenvalue weighted by atomic mass is 10.1. The van der Waals surface area contributed by atoms with Crippen LogP contribution < -0.4 is 0 Å². The third kappa shape index (κ3) is 2.86. The first-order chi connectivity index (χ1) is 11.4. The number of amides is 1. The molecule has 4 heteroatoms. The molecule has 3 rings (SSSR count). The molecule has 1 amide bonds. The minimum absolute atomic E-state index is 0.160. The van der Waals surface area contributed by atoms with Crippen LogP contribution in [-0.4, -0.2) is 53.5 Å². The Morgan fingerprint density at radius 3 is 2.38 bits per heavy atom. The smallest absolute Gasteiger partial charge is 0.255 e. The van der Waals surface area contributed by atoms with E-state index >= 15 is 0 Å². The van der Waals surface area contributed by atoms with E-state index in [9.17, 15) is 4.79 Å². The quantitative estimate of drug-likeness (QED) is 0.864. The lowest BCUT2D eigenvalue weighted by molar-refractivity contribution is 0.0398. The van der Waals surface area contributed by atoms with Crippen molar-refractivity contribution in [2.75, 3.05) is 27.2 Å². The molecular formula is C20H27N3O. The molecule has 24 heavy (non-hydrogen) atoms. The van der Waals surface area contributed by atoms with Crippen LogP contribution in [0.4, 0.5) is 0 Å². The number of rotatable bonds is 4. The number of aryl methyl sites for hydroxylation is 1. The second-order valence-electron chi connectivity index (χ2n) is 7.07. The fraction of sp³-hybridized carbons (Fsp3) is 0.450. The van der Waals surface area contributed by atoms with Crippen LogP contribution in [0.3, 0.4) is 0 Å². The van der Waals surface area contributed by atoms with Gasteiger partial charge in [0.25, 0.3) is 5.91 Å². The van der Waals surface area contributed by atoms with Gasteiger partial charge in [-0.2, -0.15) is 0 Å². The van der Waals surface area contributed by atoms with Gasteiger partial charge < -0.3 is 14.4 Å². The van der Waals surface area contributed by atoms with Crippen molar-refractivity contribution in [2.24, 2.45) is 0 Å². The number of carbonyl (C=O) groups is 1. The largest absolute Gasteiger partial charge is 0.341 e. The summed E-state index contributed by atoms with van der Waals surface area (Å²) < 4.78 is 2.27. The topological polar surface area (TPSA) is 28.5 Å². The maximum Gasteiger partial charge on any atom is 0.255 e. The van der Waals surface area contributed by atoms with E-state index in [1.807, 2.05) is 17.0 Å². The van der Waals surface area contributed by atoms with Crippen LogP contribution in [-0.2, 0) is 0 Å². The summed E-state index contributed by atoms with van der Waals surface area (Å²) >= 11 is 0. The third-order valence-corrected chi connectivity index (χ3v) is 5.26. The molecule has 1 atom stereocenters. The maximum absolute atomic E-state index is 12.8. The predicted octanol–water partition coefficient (Wildman–Crippen LogP) is 3.10. The summed E-state index contributed by atoms with van der Waals surface area (Å²) in [7, 11) is 4.14. The zero-order valence-electron chi connectivity index (χ0n) is 15.3. The number of benzene rings is 1. The molecule has 0 N–H and O–H groups in total. The number of aromatic nitrogens is 1. The van der Waals surface area contributed by atoms with Crippen molar-refractivity contribution in [3.05, 3.63) is 58.9 Å². The molecule has 1 saturated heterocycles. The molecule has 0 saturated carbocycles. The van der Waals surface area contributed by atoms with E-state index < -0.39 is 0 Å². The van der Waals surface area contributed by atoms with Crippen LogP contribution in [0.15, 0.2) is 36.4 Å². The van der Waals surface area contributed by atoms with E-state index in [1.54, 1.807) is 0 Å². The van der Waals surface area contributed by atoms with Crippen molar-refractivity contribution < 1.29 is 4.79 Å². The van der Waals surface area contributed by atoms with E-state index in [1.165, 1.54) is 5.56 Å². The van der Waals surface area contributed by atoms with Gasteiger partial charge in [0.15, 0.2) is 0 Å². The normalized spacial score (nSPS) is 16.3. The van der Waals surface area contributed by atoms with Crippen LogP contribution in [0.1, 0.15) is 40.3 Å². The third-order valence-electron chi connectivity index (χ3n) is 5.26. The highest BCUT2D eigenvalue weighted by Gasteiger charge is 2.34. The Labute approximate surface area is 144 Å². The second-order valence-corrected chi connectivity index (χ2v) is 7.07. The average molecular weight is 325 g/mol. The zero-order valence-corrected chi connectivity index (χ0v) is 15.3. The second kappa shape index (κ2) is 6.44. The molecule has 2 heterocycles. The molecule has 1 aromatic carbocycles. The Balaban J connectivity index is 1.84. The minimum atomic E-state index is 0.160. The lowest BCUT2D eigenvalue weighted by Gasteiger charge is -2.42. The molecule has 1 fully saturated rings. The summed E-state index contributed by atoms with van der Waals surface area (Å²) in [6.45, 7) is 7.98. The Morgan fingerprint density at radius 2 is 1.79 bits per heavy atom. The van der Waals surface area contributed by atoms with Gasteiger partial charge in [0.2, 0.25) is 0 Å². The summed E-state index contributed by atoms with van der Waals surface area (Å²) in [4.78, 5) is 17.0. The fourth-order valence-electron chi connectivity index (χ4n) is 3.59. The first-order valence-electron chi connectivity index (χ1n) is 8.59. The molecule has 1 aliphatic rings. The number of hydrogen-bond acceptors (Lipinski definition) is 2. The van der Waals surface area contributed by atoms with Gasteiger partial charge >= 0.3 is 0 Å². The van der Waals surface area contributed by atoms with Gasteiger partial charge in [0, 0.05) is 30.5 Å². The Bertz CT molecular complexity index is 727. The van der Waals surface area contributed by atoms with Gasteiger partial charge in [-0.1, -0.05) is 30.3 Å². The van der Waals surface area contributed by atoms with Crippen LogP contribution in [0, 0.1) is 13.8 Å². The number of carbonyl (C=O) groups excluding carboxylic acids is 1. The molecule has 1 aromatic heterocycles. The van der Waals surface area contributed by atoms with Crippen molar-refractivity contribution in [2.45, 2.75) is 32.9 Å². The van der Waals surface area contributed by atoms with Crippen LogP contribution in [0.5, 0.6) is 0 Å². The maximum atomic E-state index is 12.8. The SMILES string of the molecule is Cc1cc(C(=O)N2CC(N(C)C)C2)c(C)n1[C@H](C)c1ccccc1. The fourth-order valence-corrected chi connectivity index (χ4v) is 3.59. The van der Waals surface area contributed by atoms with Crippen molar-refractivity contribution in [3.8, 4) is 0 Å². The summed E-state index contributed by atoms with van der Waals surface area (Å²) in [5.74, 6) is 0.160. The van der Waals surface area contributed by atoms with Gasteiger partial charge in [-0.05, 0) is 46.5 Å². The minimum Gasteiger partial charge on any atom is -0.341 e. The number of likely N-dealkylation sites (N-methyl/N-ethyl adjacent to an activating group) is 1. The Hall–Kier alpha value is -2.07. The van der Waals surface area contributed by atoms with E-state index in [2.05, 4.69) is 68.6 Å². The highest BCUT2D eigenvalue weighted by Crippen LogP contribution is 2.27. The van der Waals surface area contributed by atoms with E-state index in [0.717, 1.165) is 30.0 Å². The van der Waals surface area contributed by atoms with Crippen LogP contribution in [0.25, 0.3) is 0 Å². The van der Waals surface area contributed by atoms with Gasteiger partial charge in [0.1, 0.15) is 0 Å². The van der Waals surface area contributed by atoms with Gasteiger partial charge in [-0.3, -0.25) is 4.79 Å². The number of nitrogens with zero attached hydrogens (tertiary/aromatic N) is 3. The van der Waals surface area contributed by atoms with Crippen molar-refractivity contribution >= 4 is 5.91 Å². The molecule has 4 nitrogen and oxygen atoms in total. The molecule has 0 unspecified atom stereocenters. The molecule has 128 valence electrons. The summed E-state index contributed by atoms with van der Waals surface area (Å²) in [5, 5.41) is 0. The highest BCUT2D eigenvalue weighted by molar-refractivity contribution is 5.96. The predicted molar refractivity (Wildman–Crippen MR) is 97.5 cm³/mol. The van der Waals surface area contributed by atoms with E-state index in [4.69, 9.17) is 0 Å².